The third-order valence-electron chi connectivity index (χ3n) is 5.28. The summed E-state index contributed by atoms with van der Waals surface area (Å²) in [6.07, 6.45) is -3.48. The highest BCUT2D eigenvalue weighted by molar-refractivity contribution is 7.89. The van der Waals surface area contributed by atoms with Gasteiger partial charge >= 0.3 is 6.18 Å². The van der Waals surface area contributed by atoms with Gasteiger partial charge in [-0.05, 0) is 55.3 Å². The molecule has 30 heavy (non-hydrogen) atoms. The molecule has 3 rings (SSSR count). The number of hydrogen-bond acceptors (Lipinski definition) is 4. The summed E-state index contributed by atoms with van der Waals surface area (Å²) in [7, 11) is -2.51. The number of benzene rings is 2. The molecule has 0 spiro atoms. The van der Waals surface area contributed by atoms with E-state index >= 15 is 0 Å². The quantitative estimate of drug-likeness (QED) is 0.690. The minimum absolute atomic E-state index is 0.0242. The number of hydrogen-bond donors (Lipinski definition) is 1. The average molecular weight is 464 g/mol. The molecule has 0 aliphatic carbocycles. The Labute approximate surface area is 178 Å². The van der Waals surface area contributed by atoms with Crippen molar-refractivity contribution in [2.24, 2.45) is 0 Å². The molecule has 0 saturated carbocycles. The Kier molecular flexibility index (Phi) is 6.66. The molecule has 1 aliphatic rings. The fourth-order valence-electron chi connectivity index (χ4n) is 3.54. The molecule has 0 radical (unpaired) electrons. The molecule has 5 nitrogen and oxygen atoms in total. The van der Waals surface area contributed by atoms with Gasteiger partial charge in [-0.1, -0.05) is 11.6 Å². The average Bonchev–Trinajstić information content (AvgIpc) is 2.72. The van der Waals surface area contributed by atoms with Crippen LogP contribution in [0.5, 0.6) is 5.75 Å². The van der Waals surface area contributed by atoms with Gasteiger partial charge in [0.15, 0.2) is 0 Å². The summed E-state index contributed by atoms with van der Waals surface area (Å²) in [6, 6.07) is 8.54. The van der Waals surface area contributed by atoms with Crippen molar-refractivity contribution in [1.29, 1.82) is 0 Å². The van der Waals surface area contributed by atoms with E-state index in [1.165, 1.54) is 7.11 Å². The maximum Gasteiger partial charge on any atom is 0.416 e. The first-order chi connectivity index (χ1) is 14.1. The van der Waals surface area contributed by atoms with Gasteiger partial charge in [-0.15, -0.1) is 0 Å². The van der Waals surface area contributed by atoms with Crippen molar-refractivity contribution in [1.82, 2.24) is 4.72 Å². The summed E-state index contributed by atoms with van der Waals surface area (Å²) in [5.74, 6) is 0.579. The maximum absolute atomic E-state index is 12.7. The van der Waals surface area contributed by atoms with Crippen molar-refractivity contribution in [3.63, 3.8) is 0 Å². The van der Waals surface area contributed by atoms with Crippen LogP contribution < -0.4 is 9.46 Å². The highest BCUT2D eigenvalue weighted by atomic mass is 35.5. The molecule has 0 bridgehead atoms. The molecule has 1 N–H and O–H groups in total. The van der Waals surface area contributed by atoms with Crippen LogP contribution in [0.2, 0.25) is 5.02 Å². The van der Waals surface area contributed by atoms with Crippen LogP contribution in [0.1, 0.15) is 24.0 Å². The van der Waals surface area contributed by atoms with Gasteiger partial charge in [-0.25, -0.2) is 13.1 Å². The molecule has 1 saturated heterocycles. The zero-order valence-electron chi connectivity index (χ0n) is 16.1. The summed E-state index contributed by atoms with van der Waals surface area (Å²) in [6.45, 7) is 0.881. The van der Waals surface area contributed by atoms with E-state index in [2.05, 4.69) is 4.72 Å². The maximum atomic E-state index is 12.7. The lowest BCUT2D eigenvalue weighted by Gasteiger charge is -2.38. The predicted molar refractivity (Wildman–Crippen MR) is 106 cm³/mol. The van der Waals surface area contributed by atoms with E-state index in [1.54, 1.807) is 18.2 Å². The number of halogens is 4. The van der Waals surface area contributed by atoms with Gasteiger partial charge in [0.25, 0.3) is 0 Å². The van der Waals surface area contributed by atoms with Crippen molar-refractivity contribution in [2.45, 2.75) is 29.3 Å². The van der Waals surface area contributed by atoms with Crippen LogP contribution in [0.3, 0.4) is 0 Å². The summed E-state index contributed by atoms with van der Waals surface area (Å²) >= 11 is 6.18. The lowest BCUT2D eigenvalue weighted by molar-refractivity contribution is -0.137. The lowest BCUT2D eigenvalue weighted by atomic mass is 9.74. The third kappa shape index (κ3) is 4.91. The summed E-state index contributed by atoms with van der Waals surface area (Å²) in [5, 5.41) is 0.488. The number of methoxy groups -OCH3 is 1. The Morgan fingerprint density at radius 3 is 2.33 bits per heavy atom. The number of sulfonamides is 1. The van der Waals surface area contributed by atoms with E-state index in [0.29, 0.717) is 36.8 Å². The Morgan fingerprint density at radius 1 is 1.13 bits per heavy atom. The van der Waals surface area contributed by atoms with Crippen molar-refractivity contribution >= 4 is 21.6 Å². The van der Waals surface area contributed by atoms with Crippen LogP contribution >= 0.6 is 11.6 Å². The molecule has 0 atom stereocenters. The van der Waals surface area contributed by atoms with E-state index < -0.39 is 27.2 Å². The van der Waals surface area contributed by atoms with Crippen molar-refractivity contribution in [3.8, 4) is 5.75 Å². The monoisotopic (exact) mass is 463 g/mol. The zero-order chi connectivity index (χ0) is 22.0. The van der Waals surface area contributed by atoms with Crippen LogP contribution in [0.25, 0.3) is 0 Å². The van der Waals surface area contributed by atoms with E-state index in [0.717, 1.165) is 29.8 Å². The van der Waals surface area contributed by atoms with Gasteiger partial charge in [-0.3, -0.25) is 0 Å². The van der Waals surface area contributed by atoms with E-state index in [1.807, 2.05) is 0 Å². The van der Waals surface area contributed by atoms with E-state index in [4.69, 9.17) is 21.1 Å². The molecule has 10 heteroatoms. The zero-order valence-corrected chi connectivity index (χ0v) is 17.7. The van der Waals surface area contributed by atoms with Crippen LogP contribution in [0.4, 0.5) is 13.2 Å². The van der Waals surface area contributed by atoms with E-state index in [-0.39, 0.29) is 11.4 Å². The van der Waals surface area contributed by atoms with Gasteiger partial charge in [0.1, 0.15) is 5.75 Å². The first-order valence-electron chi connectivity index (χ1n) is 9.16. The second-order valence-electron chi connectivity index (χ2n) is 7.08. The van der Waals surface area contributed by atoms with Gasteiger partial charge < -0.3 is 9.47 Å². The molecule has 0 aromatic heterocycles. The SMILES string of the molecule is COc1ccc(Cl)cc1C1(CNS(=O)(=O)c2ccc(C(F)(F)F)cc2)CCOCC1. The Hall–Kier alpha value is -1.81. The Balaban J connectivity index is 1.89. The van der Waals surface area contributed by atoms with Crippen LogP contribution in [-0.2, 0) is 26.4 Å². The highest BCUT2D eigenvalue weighted by Gasteiger charge is 2.38. The van der Waals surface area contributed by atoms with Gasteiger partial charge in [-0.2, -0.15) is 13.2 Å². The summed E-state index contributed by atoms with van der Waals surface area (Å²) in [5.41, 5.74) is -0.782. The molecule has 2 aromatic rings. The minimum atomic E-state index is -4.54. The predicted octanol–water partition coefficient (Wildman–Crippen LogP) is 4.39. The molecule has 164 valence electrons. The molecule has 1 heterocycles. The molecule has 1 fully saturated rings. The fourth-order valence-corrected chi connectivity index (χ4v) is 4.84. The molecular weight excluding hydrogens is 443 g/mol. The van der Waals surface area contributed by atoms with Gasteiger partial charge in [0, 0.05) is 35.8 Å². The van der Waals surface area contributed by atoms with Crippen LogP contribution in [0.15, 0.2) is 47.4 Å². The topological polar surface area (TPSA) is 64.6 Å². The Bertz CT molecular complexity index is 988. The van der Waals surface area contributed by atoms with Gasteiger partial charge in [0.2, 0.25) is 10.0 Å². The molecule has 1 aliphatic heterocycles. The minimum Gasteiger partial charge on any atom is -0.496 e. The standard InChI is InChI=1S/C20H21ClF3NO4S/c1-28-18-7-4-15(21)12-17(18)19(8-10-29-11-9-19)13-25-30(26,27)16-5-2-14(3-6-16)20(22,23)24/h2-7,12,25H,8-11,13H2,1H3. The number of rotatable bonds is 6. The van der Waals surface area contributed by atoms with Crippen LogP contribution in [-0.4, -0.2) is 35.3 Å². The third-order valence-corrected chi connectivity index (χ3v) is 6.93. The number of alkyl halides is 3. The molecule has 0 unspecified atom stereocenters. The van der Waals surface area contributed by atoms with Crippen molar-refractivity contribution in [3.05, 3.63) is 58.6 Å². The van der Waals surface area contributed by atoms with E-state index in [9.17, 15) is 21.6 Å². The first kappa shape index (κ1) is 22.9. The molecule has 2 aromatic carbocycles. The Morgan fingerprint density at radius 2 is 1.77 bits per heavy atom. The number of ether oxygens (including phenoxy) is 2. The number of nitrogens with one attached hydrogen (secondary N) is 1. The lowest BCUT2D eigenvalue weighted by Crippen LogP contribution is -2.44. The summed E-state index contributed by atoms with van der Waals surface area (Å²) < 4.78 is 77.2. The smallest absolute Gasteiger partial charge is 0.416 e. The van der Waals surface area contributed by atoms with Crippen molar-refractivity contribution in [2.75, 3.05) is 26.9 Å². The fraction of sp³-hybridized carbons (Fsp3) is 0.400. The summed E-state index contributed by atoms with van der Waals surface area (Å²) in [4.78, 5) is -0.240. The molecule has 0 amide bonds. The second kappa shape index (κ2) is 8.74. The largest absolute Gasteiger partial charge is 0.496 e. The highest BCUT2D eigenvalue weighted by Crippen LogP contribution is 2.41. The van der Waals surface area contributed by atoms with Crippen molar-refractivity contribution < 1.29 is 31.1 Å². The van der Waals surface area contributed by atoms with Crippen LogP contribution in [0, 0.1) is 0 Å². The second-order valence-corrected chi connectivity index (χ2v) is 9.29. The normalized spacial score (nSPS) is 17.0. The molecular formula is C20H21ClF3NO4S. The first-order valence-corrected chi connectivity index (χ1v) is 11.0. The van der Waals surface area contributed by atoms with Gasteiger partial charge in [0.05, 0.1) is 17.6 Å².